The number of hydrogen-bond acceptors (Lipinski definition) is 5. The van der Waals surface area contributed by atoms with Crippen molar-refractivity contribution in [2.75, 3.05) is 31.5 Å². The van der Waals surface area contributed by atoms with Gasteiger partial charge in [-0.25, -0.2) is 0 Å². The van der Waals surface area contributed by atoms with E-state index < -0.39 is 0 Å². The first-order valence-electron chi connectivity index (χ1n) is 7.50. The number of carbonyl (C=O) groups is 1. The number of fused-ring (bicyclic) bond motifs is 1. The van der Waals surface area contributed by atoms with Gasteiger partial charge < -0.3 is 10.6 Å². The monoisotopic (exact) mass is 304 g/mol. The van der Waals surface area contributed by atoms with Crippen LogP contribution in [0.4, 0.5) is 5.00 Å². The Morgan fingerprint density at radius 3 is 3.33 bits per heavy atom. The third kappa shape index (κ3) is 3.26. The third-order valence-electron chi connectivity index (χ3n) is 4.46. The molecule has 2 N–H and O–H groups in total. The maximum atomic E-state index is 12.1. The summed E-state index contributed by atoms with van der Waals surface area (Å²) in [6.45, 7) is 4.07. The SMILES string of the molecule is N#Cc1ccsc1NC(=O)CCN1CCCC2CNCC21. The van der Waals surface area contributed by atoms with Crippen LogP contribution in [0.2, 0.25) is 0 Å². The number of amides is 1. The minimum Gasteiger partial charge on any atom is -0.317 e. The van der Waals surface area contributed by atoms with Crippen molar-refractivity contribution in [2.24, 2.45) is 5.92 Å². The molecule has 0 aromatic carbocycles. The zero-order valence-electron chi connectivity index (χ0n) is 12.0. The lowest BCUT2D eigenvalue weighted by atomic mass is 9.92. The molecule has 0 radical (unpaired) electrons. The Morgan fingerprint density at radius 1 is 1.57 bits per heavy atom. The molecule has 2 aliphatic rings. The van der Waals surface area contributed by atoms with Crippen molar-refractivity contribution < 1.29 is 4.79 Å². The number of likely N-dealkylation sites (tertiary alicyclic amines) is 1. The smallest absolute Gasteiger partial charge is 0.226 e. The first-order valence-corrected chi connectivity index (χ1v) is 8.38. The first kappa shape index (κ1) is 14.5. The average Bonchev–Trinajstić information content (AvgIpc) is 3.13. The Bertz CT molecular complexity index is 550. The molecule has 0 spiro atoms. The van der Waals surface area contributed by atoms with Crippen LogP contribution >= 0.6 is 11.3 Å². The molecular weight excluding hydrogens is 284 g/mol. The molecule has 112 valence electrons. The van der Waals surface area contributed by atoms with Crippen molar-refractivity contribution >= 4 is 22.2 Å². The molecule has 2 fully saturated rings. The van der Waals surface area contributed by atoms with Crippen LogP contribution in [0.15, 0.2) is 11.4 Å². The Balaban J connectivity index is 1.50. The Hall–Kier alpha value is -1.42. The van der Waals surface area contributed by atoms with E-state index in [2.05, 4.69) is 21.6 Å². The van der Waals surface area contributed by atoms with Crippen LogP contribution in [0.1, 0.15) is 24.8 Å². The highest BCUT2D eigenvalue weighted by Gasteiger charge is 2.34. The Labute approximate surface area is 128 Å². The van der Waals surface area contributed by atoms with Crippen molar-refractivity contribution in [2.45, 2.75) is 25.3 Å². The summed E-state index contributed by atoms with van der Waals surface area (Å²) in [5.41, 5.74) is 0.548. The minimum absolute atomic E-state index is 0.00188. The van der Waals surface area contributed by atoms with Crippen LogP contribution in [0.25, 0.3) is 0 Å². The maximum absolute atomic E-state index is 12.1. The fraction of sp³-hybridized carbons (Fsp3) is 0.600. The number of nitriles is 1. The number of hydrogen-bond donors (Lipinski definition) is 2. The molecule has 6 heteroatoms. The number of carbonyl (C=O) groups excluding carboxylic acids is 1. The summed E-state index contributed by atoms with van der Waals surface area (Å²) in [6, 6.07) is 4.43. The fourth-order valence-corrected chi connectivity index (χ4v) is 4.12. The van der Waals surface area contributed by atoms with Gasteiger partial charge in [0.25, 0.3) is 0 Å². The Kier molecular flexibility index (Phi) is 4.54. The second kappa shape index (κ2) is 6.56. The molecule has 3 rings (SSSR count). The van der Waals surface area contributed by atoms with Crippen molar-refractivity contribution in [3.05, 3.63) is 17.0 Å². The lowest BCUT2D eigenvalue weighted by molar-refractivity contribution is -0.116. The number of anilines is 1. The van der Waals surface area contributed by atoms with Crippen LogP contribution in [0.5, 0.6) is 0 Å². The molecule has 2 atom stereocenters. The summed E-state index contributed by atoms with van der Waals surface area (Å²) in [6.07, 6.45) is 3.03. The normalized spacial score (nSPS) is 25.3. The summed E-state index contributed by atoms with van der Waals surface area (Å²) in [7, 11) is 0. The molecule has 3 heterocycles. The number of thiophene rings is 1. The van der Waals surface area contributed by atoms with E-state index in [0.29, 0.717) is 23.0 Å². The van der Waals surface area contributed by atoms with Gasteiger partial charge in [0.1, 0.15) is 11.1 Å². The molecular formula is C15H20N4OS. The molecule has 1 aromatic heterocycles. The van der Waals surface area contributed by atoms with Gasteiger partial charge in [0.2, 0.25) is 5.91 Å². The number of nitrogens with zero attached hydrogens (tertiary/aromatic N) is 2. The summed E-state index contributed by atoms with van der Waals surface area (Å²) >= 11 is 1.40. The molecule has 5 nitrogen and oxygen atoms in total. The highest BCUT2D eigenvalue weighted by molar-refractivity contribution is 7.14. The largest absolute Gasteiger partial charge is 0.317 e. The van der Waals surface area contributed by atoms with Gasteiger partial charge in [-0.3, -0.25) is 9.69 Å². The first-order chi connectivity index (χ1) is 10.3. The third-order valence-corrected chi connectivity index (χ3v) is 5.29. The average molecular weight is 304 g/mol. The van der Waals surface area contributed by atoms with E-state index in [4.69, 9.17) is 5.26 Å². The molecule has 2 unspecified atom stereocenters. The zero-order valence-corrected chi connectivity index (χ0v) is 12.8. The topological polar surface area (TPSA) is 68.2 Å². The van der Waals surface area contributed by atoms with Crippen molar-refractivity contribution in [1.29, 1.82) is 5.26 Å². The van der Waals surface area contributed by atoms with Crippen LogP contribution in [-0.4, -0.2) is 43.0 Å². The fourth-order valence-electron chi connectivity index (χ4n) is 3.37. The molecule has 2 aliphatic heterocycles. The molecule has 2 saturated heterocycles. The molecule has 0 saturated carbocycles. The second-order valence-electron chi connectivity index (χ2n) is 5.74. The van der Waals surface area contributed by atoms with Crippen molar-refractivity contribution in [1.82, 2.24) is 10.2 Å². The summed E-state index contributed by atoms with van der Waals surface area (Å²) in [4.78, 5) is 14.5. The van der Waals surface area contributed by atoms with E-state index in [1.165, 1.54) is 24.2 Å². The zero-order chi connectivity index (χ0) is 14.7. The van der Waals surface area contributed by atoms with E-state index in [0.717, 1.165) is 32.1 Å². The van der Waals surface area contributed by atoms with E-state index in [1.54, 1.807) is 6.07 Å². The van der Waals surface area contributed by atoms with E-state index in [-0.39, 0.29) is 5.91 Å². The van der Waals surface area contributed by atoms with E-state index >= 15 is 0 Å². The molecule has 0 bridgehead atoms. The van der Waals surface area contributed by atoms with Gasteiger partial charge in [0.05, 0.1) is 5.56 Å². The molecule has 1 amide bonds. The summed E-state index contributed by atoms with van der Waals surface area (Å²) < 4.78 is 0. The predicted octanol–water partition coefficient (Wildman–Crippen LogP) is 1.63. The summed E-state index contributed by atoms with van der Waals surface area (Å²) in [5, 5.41) is 17.8. The highest BCUT2D eigenvalue weighted by atomic mass is 32.1. The van der Waals surface area contributed by atoms with Crippen molar-refractivity contribution in [3.8, 4) is 6.07 Å². The molecule has 1 aromatic rings. The van der Waals surface area contributed by atoms with Gasteiger partial charge >= 0.3 is 0 Å². The van der Waals surface area contributed by atoms with Crippen LogP contribution < -0.4 is 10.6 Å². The van der Waals surface area contributed by atoms with E-state index in [1.807, 2.05) is 5.38 Å². The second-order valence-corrected chi connectivity index (χ2v) is 6.65. The Morgan fingerprint density at radius 2 is 2.48 bits per heavy atom. The number of nitrogens with one attached hydrogen (secondary N) is 2. The van der Waals surface area contributed by atoms with Gasteiger partial charge in [0.15, 0.2) is 0 Å². The minimum atomic E-state index is 0.00188. The lowest BCUT2D eigenvalue weighted by Crippen LogP contribution is -2.46. The lowest BCUT2D eigenvalue weighted by Gasteiger charge is -2.36. The number of rotatable bonds is 4. The van der Waals surface area contributed by atoms with Crippen LogP contribution in [0.3, 0.4) is 0 Å². The van der Waals surface area contributed by atoms with Gasteiger partial charge in [-0.2, -0.15) is 5.26 Å². The van der Waals surface area contributed by atoms with Crippen LogP contribution in [0, 0.1) is 17.2 Å². The van der Waals surface area contributed by atoms with Crippen molar-refractivity contribution in [3.63, 3.8) is 0 Å². The van der Waals surface area contributed by atoms with Gasteiger partial charge in [0, 0.05) is 25.6 Å². The predicted molar refractivity (Wildman–Crippen MR) is 83.2 cm³/mol. The maximum Gasteiger partial charge on any atom is 0.226 e. The number of piperidine rings is 1. The molecule has 21 heavy (non-hydrogen) atoms. The van der Waals surface area contributed by atoms with Gasteiger partial charge in [-0.15, -0.1) is 11.3 Å². The van der Waals surface area contributed by atoms with Crippen LogP contribution in [-0.2, 0) is 4.79 Å². The standard InChI is InChI=1S/C15H20N4OS/c16-8-11-4-7-21-15(11)18-14(20)3-6-19-5-1-2-12-9-17-10-13(12)19/h4,7,12-13,17H,1-3,5-6,9-10H2,(H,18,20). The molecule has 0 aliphatic carbocycles. The van der Waals surface area contributed by atoms with Gasteiger partial charge in [-0.1, -0.05) is 0 Å². The summed E-state index contributed by atoms with van der Waals surface area (Å²) in [5.74, 6) is 0.756. The quantitative estimate of drug-likeness (QED) is 0.887. The van der Waals surface area contributed by atoms with Gasteiger partial charge in [-0.05, 0) is 43.3 Å². The highest BCUT2D eigenvalue weighted by Crippen LogP contribution is 2.26. The van der Waals surface area contributed by atoms with E-state index in [9.17, 15) is 4.79 Å².